The molecule has 1 N–H and O–H groups in total. The summed E-state index contributed by atoms with van der Waals surface area (Å²) in [6.45, 7) is 4.07. The van der Waals surface area contributed by atoms with Crippen molar-refractivity contribution in [3.63, 3.8) is 0 Å². The first kappa shape index (κ1) is 17.1. The molecule has 26 heavy (non-hydrogen) atoms. The Kier molecular flexibility index (Phi) is 4.70. The quantitative estimate of drug-likeness (QED) is 0.760. The number of aromatic nitrogens is 3. The highest BCUT2D eigenvalue weighted by molar-refractivity contribution is 6.34. The van der Waals surface area contributed by atoms with Crippen molar-refractivity contribution in [2.24, 2.45) is 0 Å². The number of rotatable bonds is 4. The fourth-order valence-corrected chi connectivity index (χ4v) is 3.65. The standard InChI is InChI=1S/C19H21ClN4O2/c1-2-26-15-8-16(19-17(20)10-22-24(19)12-15)13-5-6-18(21-9-13)23-7-3-4-14(25)11-23/h5-6,8-10,12,14,25H,2-4,7,11H2,1H3. The molecule has 1 atom stereocenters. The van der Waals surface area contributed by atoms with E-state index in [1.165, 1.54) is 0 Å². The summed E-state index contributed by atoms with van der Waals surface area (Å²) in [6, 6.07) is 5.98. The minimum atomic E-state index is -0.279. The Morgan fingerprint density at radius 2 is 2.23 bits per heavy atom. The van der Waals surface area contributed by atoms with Gasteiger partial charge >= 0.3 is 0 Å². The molecular formula is C19H21ClN4O2. The number of fused-ring (bicyclic) bond motifs is 1. The van der Waals surface area contributed by atoms with Gasteiger partial charge in [-0.2, -0.15) is 5.10 Å². The maximum Gasteiger partial charge on any atom is 0.138 e. The summed E-state index contributed by atoms with van der Waals surface area (Å²) < 4.78 is 7.39. The van der Waals surface area contributed by atoms with Crippen LogP contribution in [-0.2, 0) is 0 Å². The lowest BCUT2D eigenvalue weighted by atomic mass is 10.1. The van der Waals surface area contributed by atoms with Gasteiger partial charge in [0, 0.05) is 30.4 Å². The molecule has 1 aliphatic heterocycles. The molecule has 4 heterocycles. The highest BCUT2D eigenvalue weighted by Crippen LogP contribution is 2.33. The third kappa shape index (κ3) is 3.22. The second kappa shape index (κ2) is 7.13. The molecule has 1 aliphatic rings. The van der Waals surface area contributed by atoms with Gasteiger partial charge in [0.05, 0.1) is 35.6 Å². The van der Waals surface area contributed by atoms with E-state index in [1.54, 1.807) is 10.7 Å². The number of hydrogen-bond acceptors (Lipinski definition) is 5. The summed E-state index contributed by atoms with van der Waals surface area (Å²) in [5, 5.41) is 14.8. The number of pyridine rings is 2. The van der Waals surface area contributed by atoms with Gasteiger partial charge in [-0.25, -0.2) is 9.50 Å². The molecule has 3 aromatic rings. The van der Waals surface area contributed by atoms with E-state index in [0.29, 0.717) is 18.2 Å². The van der Waals surface area contributed by atoms with Crippen molar-refractivity contribution in [2.45, 2.75) is 25.9 Å². The predicted molar refractivity (Wildman–Crippen MR) is 102 cm³/mol. The number of piperidine rings is 1. The van der Waals surface area contributed by atoms with Crippen LogP contribution in [0.1, 0.15) is 19.8 Å². The number of anilines is 1. The van der Waals surface area contributed by atoms with Crippen LogP contribution in [0.4, 0.5) is 5.82 Å². The Morgan fingerprint density at radius 3 is 2.96 bits per heavy atom. The molecule has 0 radical (unpaired) electrons. The van der Waals surface area contributed by atoms with Crippen molar-refractivity contribution in [3.8, 4) is 16.9 Å². The summed E-state index contributed by atoms with van der Waals surface area (Å²) in [7, 11) is 0. The highest BCUT2D eigenvalue weighted by Gasteiger charge is 2.19. The number of aliphatic hydroxyl groups is 1. The average Bonchev–Trinajstić information content (AvgIpc) is 3.03. The molecule has 1 unspecified atom stereocenters. The molecule has 0 aromatic carbocycles. The monoisotopic (exact) mass is 372 g/mol. The van der Waals surface area contributed by atoms with Crippen molar-refractivity contribution in [1.82, 2.24) is 14.6 Å². The van der Waals surface area contributed by atoms with Gasteiger partial charge in [0.2, 0.25) is 0 Å². The van der Waals surface area contributed by atoms with E-state index in [1.807, 2.05) is 37.5 Å². The van der Waals surface area contributed by atoms with Crippen molar-refractivity contribution in [3.05, 3.63) is 41.8 Å². The fourth-order valence-electron chi connectivity index (χ4n) is 3.42. The highest BCUT2D eigenvalue weighted by atomic mass is 35.5. The van der Waals surface area contributed by atoms with Gasteiger partial charge in [-0.15, -0.1) is 0 Å². The number of ether oxygens (including phenoxy) is 1. The molecule has 0 spiro atoms. The lowest BCUT2D eigenvalue weighted by Crippen LogP contribution is -2.38. The van der Waals surface area contributed by atoms with Gasteiger partial charge in [0.15, 0.2) is 0 Å². The molecule has 6 nitrogen and oxygen atoms in total. The lowest BCUT2D eigenvalue weighted by molar-refractivity contribution is 0.154. The Balaban J connectivity index is 1.71. The van der Waals surface area contributed by atoms with Gasteiger partial charge in [-0.1, -0.05) is 11.6 Å². The van der Waals surface area contributed by atoms with Gasteiger partial charge in [-0.3, -0.25) is 0 Å². The maximum absolute atomic E-state index is 9.87. The smallest absolute Gasteiger partial charge is 0.138 e. The van der Waals surface area contributed by atoms with Crippen LogP contribution in [0.5, 0.6) is 5.75 Å². The largest absolute Gasteiger partial charge is 0.492 e. The van der Waals surface area contributed by atoms with Crippen molar-refractivity contribution < 1.29 is 9.84 Å². The second-order valence-electron chi connectivity index (χ2n) is 6.46. The van der Waals surface area contributed by atoms with Crippen molar-refractivity contribution >= 4 is 22.9 Å². The Morgan fingerprint density at radius 1 is 1.35 bits per heavy atom. The van der Waals surface area contributed by atoms with Crippen molar-refractivity contribution in [1.29, 1.82) is 0 Å². The number of hydrogen-bond donors (Lipinski definition) is 1. The second-order valence-corrected chi connectivity index (χ2v) is 6.86. The van der Waals surface area contributed by atoms with Crippen LogP contribution in [0.15, 0.2) is 36.8 Å². The topological polar surface area (TPSA) is 62.9 Å². The molecule has 4 rings (SSSR count). The lowest BCUT2D eigenvalue weighted by Gasteiger charge is -2.31. The molecule has 136 valence electrons. The van der Waals surface area contributed by atoms with Crippen LogP contribution in [0.25, 0.3) is 16.6 Å². The Hall–Kier alpha value is -2.31. The van der Waals surface area contributed by atoms with E-state index in [-0.39, 0.29) is 6.10 Å². The molecule has 0 bridgehead atoms. The van der Waals surface area contributed by atoms with Crippen LogP contribution in [0.2, 0.25) is 5.02 Å². The average molecular weight is 373 g/mol. The van der Waals surface area contributed by atoms with E-state index in [0.717, 1.165) is 47.6 Å². The Bertz CT molecular complexity index is 910. The first-order valence-corrected chi connectivity index (χ1v) is 9.22. The predicted octanol–water partition coefficient (Wildman–Crippen LogP) is 3.41. The van der Waals surface area contributed by atoms with Crippen LogP contribution in [0.3, 0.4) is 0 Å². The third-order valence-corrected chi connectivity index (χ3v) is 4.91. The molecular weight excluding hydrogens is 352 g/mol. The number of nitrogens with zero attached hydrogens (tertiary/aromatic N) is 4. The summed E-state index contributed by atoms with van der Waals surface area (Å²) in [5.74, 6) is 1.61. The summed E-state index contributed by atoms with van der Waals surface area (Å²) in [5.41, 5.74) is 2.70. The first-order valence-electron chi connectivity index (χ1n) is 8.85. The summed E-state index contributed by atoms with van der Waals surface area (Å²) in [6.07, 6.45) is 6.85. The van der Waals surface area contributed by atoms with Gasteiger partial charge < -0.3 is 14.7 Å². The summed E-state index contributed by atoms with van der Waals surface area (Å²) >= 11 is 6.35. The van der Waals surface area contributed by atoms with Gasteiger partial charge in [0.25, 0.3) is 0 Å². The maximum atomic E-state index is 9.87. The molecule has 0 aliphatic carbocycles. The molecule has 1 saturated heterocycles. The van der Waals surface area contributed by atoms with Crippen molar-refractivity contribution in [2.75, 3.05) is 24.6 Å². The van der Waals surface area contributed by atoms with Crippen LogP contribution < -0.4 is 9.64 Å². The minimum absolute atomic E-state index is 0.279. The third-order valence-electron chi connectivity index (χ3n) is 4.63. The van der Waals surface area contributed by atoms with E-state index >= 15 is 0 Å². The van der Waals surface area contributed by atoms with Crippen LogP contribution >= 0.6 is 11.6 Å². The first-order chi connectivity index (χ1) is 12.7. The zero-order chi connectivity index (χ0) is 18.1. The van der Waals surface area contributed by atoms with E-state index in [2.05, 4.69) is 15.0 Å². The number of β-amino-alcohol motifs (C(OH)–C–C–N with tert-alkyl or cyclic N) is 1. The fraction of sp³-hybridized carbons (Fsp3) is 0.368. The van der Waals surface area contributed by atoms with Gasteiger partial charge in [0.1, 0.15) is 11.6 Å². The molecule has 1 fully saturated rings. The van der Waals surface area contributed by atoms with E-state index in [9.17, 15) is 5.11 Å². The summed E-state index contributed by atoms with van der Waals surface area (Å²) in [4.78, 5) is 6.73. The zero-order valence-electron chi connectivity index (χ0n) is 14.6. The molecule has 0 amide bonds. The SMILES string of the molecule is CCOc1cc(-c2ccc(N3CCCC(O)C3)nc2)c2c(Cl)cnn2c1. The number of aliphatic hydroxyl groups excluding tert-OH is 1. The molecule has 3 aromatic heterocycles. The minimum Gasteiger partial charge on any atom is -0.492 e. The molecule has 7 heteroatoms. The molecule has 0 saturated carbocycles. The van der Waals surface area contributed by atoms with Crippen LogP contribution in [-0.4, -0.2) is 45.5 Å². The normalized spacial score (nSPS) is 17.7. The van der Waals surface area contributed by atoms with Gasteiger partial charge in [-0.05, 0) is 38.0 Å². The van der Waals surface area contributed by atoms with Crippen LogP contribution in [0, 0.1) is 0 Å². The van der Waals surface area contributed by atoms with E-state index in [4.69, 9.17) is 16.3 Å². The van der Waals surface area contributed by atoms with E-state index < -0.39 is 0 Å². The number of halogens is 1. The Labute approximate surface area is 157 Å². The zero-order valence-corrected chi connectivity index (χ0v) is 15.4.